The SMILES string of the molecule is C[C@H]1CCC[NH+](C2CCN(C(=O)COc3ccc(Cl)cc3)CC2)C1. The van der Waals surface area contributed by atoms with E-state index in [2.05, 4.69) is 6.92 Å². The number of nitrogens with zero attached hydrogens (tertiary/aromatic N) is 1. The van der Waals surface area contributed by atoms with Crippen LogP contribution in [0, 0.1) is 5.92 Å². The molecule has 2 aliphatic heterocycles. The molecular formula is C19H28ClN2O2+. The van der Waals surface area contributed by atoms with Crippen LogP contribution in [0.5, 0.6) is 5.75 Å². The first-order chi connectivity index (χ1) is 11.6. The van der Waals surface area contributed by atoms with Crippen LogP contribution in [0.2, 0.25) is 5.02 Å². The molecule has 1 aromatic rings. The van der Waals surface area contributed by atoms with Gasteiger partial charge in [-0.1, -0.05) is 18.5 Å². The fraction of sp³-hybridized carbons (Fsp3) is 0.632. The molecule has 1 amide bonds. The van der Waals surface area contributed by atoms with Gasteiger partial charge >= 0.3 is 0 Å². The van der Waals surface area contributed by atoms with Crippen molar-refractivity contribution >= 4 is 17.5 Å². The van der Waals surface area contributed by atoms with Crippen LogP contribution < -0.4 is 9.64 Å². The summed E-state index contributed by atoms with van der Waals surface area (Å²) in [6, 6.07) is 7.87. The molecule has 132 valence electrons. The Balaban J connectivity index is 1.42. The van der Waals surface area contributed by atoms with Crippen LogP contribution in [0.15, 0.2) is 24.3 Å². The number of amides is 1. The Hall–Kier alpha value is -1.26. The lowest BCUT2D eigenvalue weighted by Gasteiger charge is -2.39. The zero-order valence-corrected chi connectivity index (χ0v) is 15.2. The van der Waals surface area contributed by atoms with Gasteiger partial charge in [-0.05, 0) is 37.1 Å². The van der Waals surface area contributed by atoms with Gasteiger partial charge in [0.05, 0.1) is 19.1 Å². The van der Waals surface area contributed by atoms with E-state index in [1.54, 1.807) is 29.2 Å². The van der Waals surface area contributed by atoms with Crippen molar-refractivity contribution < 1.29 is 14.4 Å². The number of halogens is 1. The van der Waals surface area contributed by atoms with Gasteiger partial charge in [0.2, 0.25) is 0 Å². The highest BCUT2D eigenvalue weighted by atomic mass is 35.5. The highest BCUT2D eigenvalue weighted by molar-refractivity contribution is 6.30. The van der Waals surface area contributed by atoms with Gasteiger partial charge in [0.15, 0.2) is 6.61 Å². The third kappa shape index (κ3) is 4.64. The van der Waals surface area contributed by atoms with E-state index >= 15 is 0 Å². The van der Waals surface area contributed by atoms with Crippen molar-refractivity contribution in [1.82, 2.24) is 4.90 Å². The van der Waals surface area contributed by atoms with E-state index < -0.39 is 0 Å². The number of hydrogen-bond donors (Lipinski definition) is 1. The lowest BCUT2D eigenvalue weighted by Crippen LogP contribution is -3.17. The molecule has 2 aliphatic rings. The summed E-state index contributed by atoms with van der Waals surface area (Å²) in [5.41, 5.74) is 0. The van der Waals surface area contributed by atoms with Gasteiger partial charge in [-0.25, -0.2) is 0 Å². The summed E-state index contributed by atoms with van der Waals surface area (Å²) < 4.78 is 5.58. The number of carbonyl (C=O) groups is 1. The maximum atomic E-state index is 12.3. The zero-order chi connectivity index (χ0) is 16.9. The van der Waals surface area contributed by atoms with E-state index in [9.17, 15) is 4.79 Å². The van der Waals surface area contributed by atoms with Crippen molar-refractivity contribution in [2.24, 2.45) is 5.92 Å². The molecule has 4 nitrogen and oxygen atoms in total. The topological polar surface area (TPSA) is 34.0 Å². The van der Waals surface area contributed by atoms with Gasteiger partial charge in [-0.2, -0.15) is 0 Å². The van der Waals surface area contributed by atoms with Crippen LogP contribution in [0.1, 0.15) is 32.6 Å². The largest absolute Gasteiger partial charge is 0.484 e. The average molecular weight is 352 g/mol. The average Bonchev–Trinajstić information content (AvgIpc) is 2.61. The molecule has 0 radical (unpaired) electrons. The third-order valence-electron chi connectivity index (χ3n) is 5.41. The molecule has 0 aromatic heterocycles. The number of benzene rings is 1. The fourth-order valence-electron chi connectivity index (χ4n) is 4.00. The molecule has 2 heterocycles. The van der Waals surface area contributed by atoms with Crippen LogP contribution in [0.25, 0.3) is 0 Å². The molecule has 1 N–H and O–H groups in total. The number of hydrogen-bond acceptors (Lipinski definition) is 2. The first kappa shape index (κ1) is 17.6. The highest BCUT2D eigenvalue weighted by Crippen LogP contribution is 2.16. The quantitative estimate of drug-likeness (QED) is 0.900. The van der Waals surface area contributed by atoms with Crippen LogP contribution >= 0.6 is 11.6 Å². The van der Waals surface area contributed by atoms with Gasteiger partial charge in [-0.15, -0.1) is 0 Å². The molecule has 5 heteroatoms. The molecule has 1 unspecified atom stereocenters. The predicted molar refractivity (Wildman–Crippen MR) is 95.6 cm³/mol. The fourth-order valence-corrected chi connectivity index (χ4v) is 4.13. The van der Waals surface area contributed by atoms with E-state index in [-0.39, 0.29) is 12.5 Å². The molecule has 2 fully saturated rings. The Kier molecular flexibility index (Phi) is 6.01. The smallest absolute Gasteiger partial charge is 0.260 e. The van der Waals surface area contributed by atoms with Crippen LogP contribution in [0.3, 0.4) is 0 Å². The summed E-state index contributed by atoms with van der Waals surface area (Å²) in [7, 11) is 0. The molecule has 2 atom stereocenters. The highest BCUT2D eigenvalue weighted by Gasteiger charge is 2.32. The first-order valence-corrected chi connectivity index (χ1v) is 9.50. The third-order valence-corrected chi connectivity index (χ3v) is 5.66. The molecule has 0 aliphatic carbocycles. The zero-order valence-electron chi connectivity index (χ0n) is 14.5. The van der Waals surface area contributed by atoms with E-state index in [1.165, 1.54) is 25.9 Å². The first-order valence-electron chi connectivity index (χ1n) is 9.12. The number of nitrogens with one attached hydrogen (secondary N) is 1. The van der Waals surface area contributed by atoms with Crippen molar-refractivity contribution in [2.75, 3.05) is 32.8 Å². The summed E-state index contributed by atoms with van der Waals surface area (Å²) in [5, 5.41) is 0.672. The maximum absolute atomic E-state index is 12.3. The number of carbonyl (C=O) groups excluding carboxylic acids is 1. The Morgan fingerprint density at radius 3 is 2.62 bits per heavy atom. The second-order valence-electron chi connectivity index (χ2n) is 7.26. The minimum Gasteiger partial charge on any atom is -0.484 e. The molecule has 0 bridgehead atoms. The van der Waals surface area contributed by atoms with Crippen molar-refractivity contribution in [3.63, 3.8) is 0 Å². The molecule has 0 saturated carbocycles. The summed E-state index contributed by atoms with van der Waals surface area (Å²) in [5.74, 6) is 1.63. The minimum atomic E-state index is 0.0883. The Morgan fingerprint density at radius 2 is 1.96 bits per heavy atom. The standard InChI is InChI=1S/C19H27ClN2O2/c1-15-3-2-10-22(13-15)17-8-11-21(12-9-17)19(23)14-24-18-6-4-16(20)5-7-18/h4-7,15,17H,2-3,8-14H2,1H3/p+1/t15-/m0/s1. The number of rotatable bonds is 4. The molecule has 24 heavy (non-hydrogen) atoms. The van der Waals surface area contributed by atoms with Gasteiger partial charge < -0.3 is 14.5 Å². The minimum absolute atomic E-state index is 0.0883. The normalized spacial score (nSPS) is 25.5. The van der Waals surface area contributed by atoms with Crippen LogP contribution in [-0.4, -0.2) is 49.6 Å². The van der Waals surface area contributed by atoms with E-state index in [4.69, 9.17) is 16.3 Å². The second kappa shape index (κ2) is 8.21. The van der Waals surface area contributed by atoms with E-state index in [0.717, 1.165) is 37.9 Å². The Bertz CT molecular complexity index is 541. The van der Waals surface area contributed by atoms with Crippen molar-refractivity contribution in [2.45, 2.75) is 38.6 Å². The van der Waals surface area contributed by atoms with Crippen molar-refractivity contribution in [1.29, 1.82) is 0 Å². The van der Waals surface area contributed by atoms with Gasteiger partial charge in [0.25, 0.3) is 5.91 Å². The van der Waals surface area contributed by atoms with Gasteiger partial charge in [0, 0.05) is 36.9 Å². The molecule has 3 rings (SSSR count). The molecule has 0 spiro atoms. The monoisotopic (exact) mass is 351 g/mol. The van der Waals surface area contributed by atoms with Crippen LogP contribution in [0.4, 0.5) is 0 Å². The van der Waals surface area contributed by atoms with Gasteiger partial charge in [0.1, 0.15) is 5.75 Å². The summed E-state index contributed by atoms with van der Waals surface area (Å²) in [6.07, 6.45) is 4.97. The van der Waals surface area contributed by atoms with E-state index in [1.807, 2.05) is 4.90 Å². The van der Waals surface area contributed by atoms with Crippen molar-refractivity contribution in [3.8, 4) is 5.75 Å². The van der Waals surface area contributed by atoms with Gasteiger partial charge in [-0.3, -0.25) is 4.79 Å². The number of quaternary nitrogens is 1. The predicted octanol–water partition coefficient (Wildman–Crippen LogP) is 2.02. The van der Waals surface area contributed by atoms with E-state index in [0.29, 0.717) is 10.8 Å². The lowest BCUT2D eigenvalue weighted by atomic mass is 9.95. The summed E-state index contributed by atoms with van der Waals surface area (Å²) >= 11 is 5.85. The molecule has 1 aromatic carbocycles. The summed E-state index contributed by atoms with van der Waals surface area (Å²) in [6.45, 7) is 6.82. The number of piperidine rings is 2. The Labute approximate surface area is 149 Å². The molecule has 2 saturated heterocycles. The number of ether oxygens (including phenoxy) is 1. The molecular weight excluding hydrogens is 324 g/mol. The maximum Gasteiger partial charge on any atom is 0.260 e. The van der Waals surface area contributed by atoms with Crippen molar-refractivity contribution in [3.05, 3.63) is 29.3 Å². The summed E-state index contributed by atoms with van der Waals surface area (Å²) in [4.78, 5) is 16.1. The lowest BCUT2D eigenvalue weighted by molar-refractivity contribution is -0.934. The number of likely N-dealkylation sites (tertiary alicyclic amines) is 2. The van der Waals surface area contributed by atoms with Crippen LogP contribution in [-0.2, 0) is 4.79 Å². The second-order valence-corrected chi connectivity index (χ2v) is 7.69. The Morgan fingerprint density at radius 1 is 1.25 bits per heavy atom.